The summed E-state index contributed by atoms with van der Waals surface area (Å²) in [6.45, 7) is 2.07. The lowest BCUT2D eigenvalue weighted by Crippen LogP contribution is -2.39. The largest absolute Gasteiger partial charge is 0.497 e. The molecule has 2 amide bonds. The van der Waals surface area contributed by atoms with E-state index < -0.39 is 0 Å². The van der Waals surface area contributed by atoms with Crippen molar-refractivity contribution < 1.29 is 14.3 Å². The number of rotatable bonds is 6. The molecule has 0 bridgehead atoms. The van der Waals surface area contributed by atoms with Gasteiger partial charge in [-0.3, -0.25) is 9.59 Å². The van der Waals surface area contributed by atoms with Crippen LogP contribution in [-0.2, 0) is 9.59 Å². The fraction of sp³-hybridized carbons (Fsp3) is 0.375. The minimum Gasteiger partial charge on any atom is -0.497 e. The highest BCUT2D eigenvalue weighted by molar-refractivity contribution is 6.03. The van der Waals surface area contributed by atoms with Crippen LogP contribution in [-0.4, -0.2) is 48.1 Å². The summed E-state index contributed by atoms with van der Waals surface area (Å²) in [6, 6.07) is 15.7. The highest BCUT2D eigenvalue weighted by Gasteiger charge is 2.36. The van der Waals surface area contributed by atoms with Gasteiger partial charge in [-0.05, 0) is 37.5 Å². The van der Waals surface area contributed by atoms with E-state index in [1.807, 2.05) is 55.5 Å². The number of likely N-dealkylation sites (N-methyl/N-ethyl adjacent to an activating group) is 1. The summed E-state index contributed by atoms with van der Waals surface area (Å²) in [4.78, 5) is 27.0. The molecule has 0 N–H and O–H groups in total. The Morgan fingerprint density at radius 1 is 1.17 bits per heavy atom. The SMILES string of the molecule is COc1cccc(C2=NN(C(=O)CN(C)C(=O)C3CC3)C(c3ccc(C)cc3)C2)c1. The normalized spacial score (nSPS) is 18.2. The Balaban J connectivity index is 1.60. The molecule has 1 fully saturated rings. The molecule has 156 valence electrons. The first-order valence-electron chi connectivity index (χ1n) is 10.3. The summed E-state index contributed by atoms with van der Waals surface area (Å²) in [7, 11) is 3.33. The van der Waals surface area contributed by atoms with Crippen LogP contribution in [0.3, 0.4) is 0 Å². The number of hydrazone groups is 1. The molecular weight excluding hydrogens is 378 g/mol. The van der Waals surface area contributed by atoms with Gasteiger partial charge in [0.2, 0.25) is 5.91 Å². The third-order valence-electron chi connectivity index (χ3n) is 5.71. The van der Waals surface area contributed by atoms with Crippen LogP contribution < -0.4 is 4.74 Å². The molecule has 0 aromatic heterocycles. The fourth-order valence-corrected chi connectivity index (χ4v) is 3.76. The van der Waals surface area contributed by atoms with Gasteiger partial charge in [-0.15, -0.1) is 0 Å². The summed E-state index contributed by atoms with van der Waals surface area (Å²) in [5.74, 6) is 0.716. The number of methoxy groups -OCH3 is 1. The van der Waals surface area contributed by atoms with Crippen molar-refractivity contribution in [1.29, 1.82) is 0 Å². The quantitative estimate of drug-likeness (QED) is 0.738. The molecule has 1 aliphatic carbocycles. The summed E-state index contributed by atoms with van der Waals surface area (Å²) in [5, 5.41) is 6.25. The van der Waals surface area contributed by atoms with Crippen molar-refractivity contribution in [1.82, 2.24) is 9.91 Å². The van der Waals surface area contributed by atoms with Gasteiger partial charge < -0.3 is 9.64 Å². The Kier molecular flexibility index (Phi) is 5.57. The van der Waals surface area contributed by atoms with Crippen molar-refractivity contribution in [2.45, 2.75) is 32.2 Å². The third-order valence-corrected chi connectivity index (χ3v) is 5.71. The monoisotopic (exact) mass is 405 g/mol. The number of carbonyl (C=O) groups is 2. The van der Waals surface area contributed by atoms with Gasteiger partial charge in [-0.25, -0.2) is 5.01 Å². The highest BCUT2D eigenvalue weighted by Crippen LogP contribution is 2.34. The van der Waals surface area contributed by atoms with Crippen molar-refractivity contribution in [2.24, 2.45) is 11.0 Å². The van der Waals surface area contributed by atoms with Crippen LogP contribution in [0.5, 0.6) is 5.75 Å². The second-order valence-corrected chi connectivity index (χ2v) is 8.12. The molecule has 0 saturated heterocycles. The number of carbonyl (C=O) groups excluding carboxylic acids is 2. The fourth-order valence-electron chi connectivity index (χ4n) is 3.76. The first-order chi connectivity index (χ1) is 14.5. The maximum Gasteiger partial charge on any atom is 0.262 e. The number of ether oxygens (including phenoxy) is 1. The van der Waals surface area contributed by atoms with Gasteiger partial charge in [0.15, 0.2) is 0 Å². The molecule has 1 aliphatic heterocycles. The van der Waals surface area contributed by atoms with Crippen LogP contribution in [0.15, 0.2) is 53.6 Å². The second kappa shape index (κ2) is 8.30. The molecule has 1 saturated carbocycles. The Bertz CT molecular complexity index is 979. The average molecular weight is 405 g/mol. The molecule has 1 atom stereocenters. The van der Waals surface area contributed by atoms with Gasteiger partial charge in [0.1, 0.15) is 12.3 Å². The number of hydrogen-bond donors (Lipinski definition) is 0. The molecule has 30 heavy (non-hydrogen) atoms. The molecule has 1 heterocycles. The van der Waals surface area contributed by atoms with Crippen molar-refractivity contribution in [3.8, 4) is 5.75 Å². The van der Waals surface area contributed by atoms with Crippen LogP contribution in [0, 0.1) is 12.8 Å². The minimum atomic E-state index is -0.191. The van der Waals surface area contributed by atoms with Crippen LogP contribution in [0.4, 0.5) is 0 Å². The van der Waals surface area contributed by atoms with Crippen LogP contribution in [0.2, 0.25) is 0 Å². The maximum absolute atomic E-state index is 13.2. The summed E-state index contributed by atoms with van der Waals surface area (Å²) in [5.41, 5.74) is 3.97. The Morgan fingerprint density at radius 2 is 1.90 bits per heavy atom. The van der Waals surface area contributed by atoms with E-state index >= 15 is 0 Å². The number of aryl methyl sites for hydroxylation is 1. The number of amides is 2. The van der Waals surface area contributed by atoms with Crippen LogP contribution in [0.1, 0.15) is 42.0 Å². The number of nitrogens with zero attached hydrogens (tertiary/aromatic N) is 3. The van der Waals surface area contributed by atoms with E-state index in [-0.39, 0.29) is 30.3 Å². The smallest absolute Gasteiger partial charge is 0.262 e. The van der Waals surface area contributed by atoms with Gasteiger partial charge in [0.25, 0.3) is 5.91 Å². The van der Waals surface area contributed by atoms with Gasteiger partial charge in [-0.1, -0.05) is 42.0 Å². The van der Waals surface area contributed by atoms with Crippen molar-refractivity contribution in [3.63, 3.8) is 0 Å². The summed E-state index contributed by atoms with van der Waals surface area (Å²) >= 11 is 0. The number of hydrogen-bond acceptors (Lipinski definition) is 4. The lowest BCUT2D eigenvalue weighted by Gasteiger charge is -2.25. The Hall–Kier alpha value is -3.15. The topological polar surface area (TPSA) is 62.2 Å². The molecule has 6 heteroatoms. The third kappa shape index (κ3) is 4.22. The van der Waals surface area contributed by atoms with E-state index in [0.717, 1.165) is 35.4 Å². The first kappa shape index (κ1) is 20.1. The zero-order chi connectivity index (χ0) is 21.3. The molecule has 4 rings (SSSR count). The van der Waals surface area contributed by atoms with Crippen LogP contribution >= 0.6 is 0 Å². The minimum absolute atomic E-state index is 0.0343. The first-order valence-corrected chi connectivity index (χ1v) is 10.3. The summed E-state index contributed by atoms with van der Waals surface area (Å²) in [6.07, 6.45) is 2.46. The molecule has 0 radical (unpaired) electrons. The Morgan fingerprint density at radius 3 is 2.57 bits per heavy atom. The highest BCUT2D eigenvalue weighted by atomic mass is 16.5. The molecule has 2 aliphatic rings. The Labute approximate surface area is 177 Å². The predicted octanol–water partition coefficient (Wildman–Crippen LogP) is 3.55. The van der Waals surface area contributed by atoms with Crippen molar-refractivity contribution >= 4 is 17.5 Å². The van der Waals surface area contributed by atoms with E-state index in [1.165, 1.54) is 10.5 Å². The standard InChI is InChI=1S/C24H27N3O3/c1-16-7-9-17(10-8-16)22-14-21(19-5-4-6-20(13-19)30-3)25-27(22)23(28)15-26(2)24(29)18-11-12-18/h4-10,13,18,22H,11-12,14-15H2,1-3H3. The molecule has 6 nitrogen and oxygen atoms in total. The van der Waals surface area contributed by atoms with E-state index in [2.05, 4.69) is 0 Å². The molecule has 2 aromatic carbocycles. The van der Waals surface area contributed by atoms with Crippen LogP contribution in [0.25, 0.3) is 0 Å². The van der Waals surface area contributed by atoms with Gasteiger partial charge in [0.05, 0.1) is 18.9 Å². The van der Waals surface area contributed by atoms with E-state index in [1.54, 1.807) is 19.2 Å². The zero-order valence-corrected chi connectivity index (χ0v) is 17.7. The number of benzene rings is 2. The van der Waals surface area contributed by atoms with Gasteiger partial charge >= 0.3 is 0 Å². The maximum atomic E-state index is 13.2. The van der Waals surface area contributed by atoms with E-state index in [4.69, 9.17) is 9.84 Å². The predicted molar refractivity (Wildman–Crippen MR) is 115 cm³/mol. The molecule has 0 spiro atoms. The van der Waals surface area contributed by atoms with E-state index in [9.17, 15) is 9.59 Å². The molecule has 1 unspecified atom stereocenters. The zero-order valence-electron chi connectivity index (χ0n) is 17.7. The lowest BCUT2D eigenvalue weighted by molar-refractivity contribution is -0.141. The van der Waals surface area contributed by atoms with Gasteiger partial charge in [-0.2, -0.15) is 5.10 Å². The van der Waals surface area contributed by atoms with Gasteiger partial charge in [0, 0.05) is 24.9 Å². The molecule has 2 aromatic rings. The lowest BCUT2D eigenvalue weighted by atomic mass is 9.97. The van der Waals surface area contributed by atoms with Crippen molar-refractivity contribution in [2.75, 3.05) is 20.7 Å². The van der Waals surface area contributed by atoms with Crippen molar-refractivity contribution in [3.05, 3.63) is 65.2 Å². The second-order valence-electron chi connectivity index (χ2n) is 8.12. The van der Waals surface area contributed by atoms with E-state index in [0.29, 0.717) is 6.42 Å². The molecular formula is C24H27N3O3. The summed E-state index contributed by atoms with van der Waals surface area (Å²) < 4.78 is 5.34. The average Bonchev–Trinajstić information content (AvgIpc) is 3.51.